The molecule has 2 heterocycles. The normalized spacial score (nSPS) is 21.6. The monoisotopic (exact) mass is 531 g/mol. The van der Waals surface area contributed by atoms with Crippen LogP contribution in [0.2, 0.25) is 0 Å². The van der Waals surface area contributed by atoms with Crippen molar-refractivity contribution in [1.29, 1.82) is 0 Å². The molecule has 4 rings (SSSR count). The number of nitrogens with one attached hydrogen (secondary N) is 3. The lowest BCUT2D eigenvalue weighted by Crippen LogP contribution is -2.41. The molecular formula is C28H32F3N3O4. The van der Waals surface area contributed by atoms with Gasteiger partial charge >= 0.3 is 6.18 Å². The summed E-state index contributed by atoms with van der Waals surface area (Å²) in [4.78, 5) is 37.0. The van der Waals surface area contributed by atoms with E-state index in [1.54, 1.807) is 24.3 Å². The van der Waals surface area contributed by atoms with Crippen molar-refractivity contribution in [2.75, 3.05) is 25.1 Å². The minimum Gasteiger partial charge on any atom is -0.380 e. The highest BCUT2D eigenvalue weighted by Crippen LogP contribution is 2.36. The minimum absolute atomic E-state index is 0.0227. The van der Waals surface area contributed by atoms with Crippen LogP contribution in [0.1, 0.15) is 49.7 Å². The first-order valence-electron chi connectivity index (χ1n) is 12.8. The van der Waals surface area contributed by atoms with Crippen molar-refractivity contribution in [2.24, 2.45) is 11.3 Å². The Hall–Kier alpha value is -3.40. The molecule has 38 heavy (non-hydrogen) atoms. The van der Waals surface area contributed by atoms with E-state index in [2.05, 4.69) is 16.0 Å². The smallest absolute Gasteiger partial charge is 0.380 e. The van der Waals surface area contributed by atoms with Crippen molar-refractivity contribution in [3.63, 3.8) is 0 Å². The third-order valence-corrected chi connectivity index (χ3v) is 7.30. The highest BCUT2D eigenvalue weighted by atomic mass is 19.4. The number of alkyl halides is 3. The van der Waals surface area contributed by atoms with Crippen molar-refractivity contribution in [3.8, 4) is 0 Å². The molecule has 2 aliphatic rings. The summed E-state index contributed by atoms with van der Waals surface area (Å²) in [5.74, 6) is -0.193. The SMILES string of the molecule is O=C1CCC(C(=O)CCC[C@@]2(C(=O)NCc3ccc(Nc4ccccc4C(F)(F)F)cc3)CCOC2)CN1. The summed E-state index contributed by atoms with van der Waals surface area (Å²) >= 11 is 0. The van der Waals surface area contributed by atoms with Crippen LogP contribution in [-0.2, 0) is 31.8 Å². The van der Waals surface area contributed by atoms with Gasteiger partial charge < -0.3 is 20.7 Å². The number of piperidine rings is 1. The number of ether oxygens (including phenoxy) is 1. The van der Waals surface area contributed by atoms with Gasteiger partial charge in [0, 0.05) is 44.1 Å². The van der Waals surface area contributed by atoms with E-state index in [4.69, 9.17) is 4.74 Å². The molecule has 2 atom stereocenters. The van der Waals surface area contributed by atoms with Gasteiger partial charge in [-0.1, -0.05) is 24.3 Å². The van der Waals surface area contributed by atoms with E-state index in [9.17, 15) is 27.6 Å². The van der Waals surface area contributed by atoms with Crippen LogP contribution in [0.5, 0.6) is 0 Å². The van der Waals surface area contributed by atoms with E-state index >= 15 is 0 Å². The highest BCUT2D eigenvalue weighted by molar-refractivity contribution is 5.85. The number of amides is 2. The van der Waals surface area contributed by atoms with Gasteiger partial charge in [-0.2, -0.15) is 13.2 Å². The lowest BCUT2D eigenvalue weighted by Gasteiger charge is -2.27. The molecule has 2 fully saturated rings. The molecule has 204 valence electrons. The molecule has 2 saturated heterocycles. The highest BCUT2D eigenvalue weighted by Gasteiger charge is 2.42. The van der Waals surface area contributed by atoms with Gasteiger partial charge in [0.2, 0.25) is 11.8 Å². The van der Waals surface area contributed by atoms with Gasteiger partial charge in [-0.15, -0.1) is 0 Å². The maximum absolute atomic E-state index is 13.2. The number of para-hydroxylation sites is 1. The van der Waals surface area contributed by atoms with Gasteiger partial charge in [-0.3, -0.25) is 14.4 Å². The topological polar surface area (TPSA) is 96.5 Å². The summed E-state index contributed by atoms with van der Waals surface area (Å²) in [5, 5.41) is 8.51. The van der Waals surface area contributed by atoms with E-state index in [0.717, 1.165) is 11.6 Å². The van der Waals surface area contributed by atoms with Crippen LogP contribution < -0.4 is 16.0 Å². The molecule has 2 amide bonds. The predicted octanol–water partition coefficient (Wildman–Crippen LogP) is 4.74. The second kappa shape index (κ2) is 12.0. The van der Waals surface area contributed by atoms with E-state index in [1.807, 2.05) is 0 Å². The third kappa shape index (κ3) is 6.92. The molecule has 7 nitrogen and oxygen atoms in total. The molecule has 2 aromatic carbocycles. The van der Waals surface area contributed by atoms with Crippen LogP contribution >= 0.6 is 0 Å². The number of Topliss-reactive ketones (excluding diaryl/α,β-unsaturated/α-hetero) is 1. The van der Waals surface area contributed by atoms with E-state index in [-0.39, 0.29) is 35.7 Å². The fraction of sp³-hybridized carbons (Fsp3) is 0.464. The Morgan fingerprint density at radius 1 is 1.11 bits per heavy atom. The Balaban J connectivity index is 1.29. The molecular weight excluding hydrogens is 499 g/mol. The number of hydrogen-bond donors (Lipinski definition) is 3. The second-order valence-corrected chi connectivity index (χ2v) is 9.99. The summed E-state index contributed by atoms with van der Waals surface area (Å²) in [6, 6.07) is 12.1. The van der Waals surface area contributed by atoms with Gasteiger partial charge in [0.15, 0.2) is 0 Å². The standard InChI is InChI=1S/C28H32F3N3O4/c29-28(30,31)22-4-1-2-5-23(22)34-21-10-7-19(8-11-21)16-33-26(37)27(14-15-38-18-27)13-3-6-24(35)20-9-12-25(36)32-17-20/h1-2,4-5,7-8,10-11,20,34H,3,6,9,12-18H2,(H,32,36)(H,33,37)/t20?,27-/m1/s1. The van der Waals surface area contributed by atoms with Crippen molar-refractivity contribution in [2.45, 2.75) is 51.2 Å². The summed E-state index contributed by atoms with van der Waals surface area (Å²) in [6.07, 6.45) is -1.48. The first kappa shape index (κ1) is 27.6. The van der Waals surface area contributed by atoms with E-state index in [1.165, 1.54) is 18.2 Å². The molecule has 1 unspecified atom stereocenters. The number of benzene rings is 2. The molecule has 0 aliphatic carbocycles. The zero-order chi connectivity index (χ0) is 27.2. The summed E-state index contributed by atoms with van der Waals surface area (Å²) in [7, 11) is 0. The number of halogens is 3. The average molecular weight is 532 g/mol. The number of carbonyl (C=O) groups excluding carboxylic acids is 3. The Bertz CT molecular complexity index is 1130. The van der Waals surface area contributed by atoms with Crippen LogP contribution in [0.25, 0.3) is 0 Å². The first-order chi connectivity index (χ1) is 18.2. The molecule has 0 spiro atoms. The summed E-state index contributed by atoms with van der Waals surface area (Å²) in [6.45, 7) is 1.43. The lowest BCUT2D eigenvalue weighted by molar-refractivity contribution is -0.137. The van der Waals surface area contributed by atoms with Gasteiger partial charge in [-0.05, 0) is 55.5 Å². The average Bonchev–Trinajstić information content (AvgIpc) is 3.38. The Morgan fingerprint density at radius 3 is 2.53 bits per heavy atom. The molecule has 10 heteroatoms. The maximum atomic E-state index is 13.2. The van der Waals surface area contributed by atoms with E-state index in [0.29, 0.717) is 64.0 Å². The molecule has 3 N–H and O–H groups in total. The third-order valence-electron chi connectivity index (χ3n) is 7.30. The zero-order valence-electron chi connectivity index (χ0n) is 21.0. The molecule has 0 bridgehead atoms. The molecule has 0 aromatic heterocycles. The van der Waals surface area contributed by atoms with Gasteiger partial charge in [0.05, 0.1) is 23.3 Å². The Labute approximate surface area is 219 Å². The number of rotatable bonds is 10. The second-order valence-electron chi connectivity index (χ2n) is 9.99. The molecule has 0 radical (unpaired) electrons. The summed E-state index contributed by atoms with van der Waals surface area (Å²) in [5.41, 5.74) is -0.163. The molecule has 0 saturated carbocycles. The number of carbonyl (C=O) groups is 3. The van der Waals surface area contributed by atoms with Gasteiger partial charge in [0.25, 0.3) is 0 Å². The lowest BCUT2D eigenvalue weighted by atomic mass is 9.80. The predicted molar refractivity (Wildman–Crippen MR) is 135 cm³/mol. The number of hydrogen-bond acceptors (Lipinski definition) is 5. The zero-order valence-corrected chi connectivity index (χ0v) is 21.0. The van der Waals surface area contributed by atoms with Crippen LogP contribution in [0.3, 0.4) is 0 Å². The van der Waals surface area contributed by atoms with Crippen molar-refractivity contribution < 1.29 is 32.3 Å². The Morgan fingerprint density at radius 2 is 1.87 bits per heavy atom. The fourth-order valence-corrected chi connectivity index (χ4v) is 4.98. The quantitative estimate of drug-likeness (QED) is 0.412. The van der Waals surface area contributed by atoms with Crippen LogP contribution in [0, 0.1) is 11.3 Å². The van der Waals surface area contributed by atoms with Gasteiger partial charge in [0.1, 0.15) is 5.78 Å². The first-order valence-corrected chi connectivity index (χ1v) is 12.8. The van der Waals surface area contributed by atoms with Crippen LogP contribution in [-0.4, -0.2) is 37.4 Å². The Kier molecular flexibility index (Phi) is 8.71. The van der Waals surface area contributed by atoms with Crippen molar-refractivity contribution in [1.82, 2.24) is 10.6 Å². The van der Waals surface area contributed by atoms with Crippen LogP contribution in [0.4, 0.5) is 24.5 Å². The maximum Gasteiger partial charge on any atom is 0.418 e. The van der Waals surface area contributed by atoms with Gasteiger partial charge in [-0.25, -0.2) is 0 Å². The summed E-state index contributed by atoms with van der Waals surface area (Å²) < 4.78 is 45.3. The number of ketones is 1. The number of anilines is 2. The molecule has 2 aromatic rings. The minimum atomic E-state index is -4.46. The molecule has 2 aliphatic heterocycles. The van der Waals surface area contributed by atoms with E-state index < -0.39 is 17.2 Å². The van der Waals surface area contributed by atoms with Crippen LogP contribution in [0.15, 0.2) is 48.5 Å². The van der Waals surface area contributed by atoms with Crippen molar-refractivity contribution >= 4 is 29.0 Å². The fourth-order valence-electron chi connectivity index (χ4n) is 4.98. The largest absolute Gasteiger partial charge is 0.418 e. The van der Waals surface area contributed by atoms with Crippen molar-refractivity contribution in [3.05, 3.63) is 59.7 Å².